The zero-order valence-corrected chi connectivity index (χ0v) is 21.5. The molecule has 3 aromatic carbocycles. The predicted octanol–water partition coefficient (Wildman–Crippen LogP) is 5.29. The van der Waals surface area contributed by atoms with Gasteiger partial charge in [0.2, 0.25) is 0 Å². The fourth-order valence-electron chi connectivity index (χ4n) is 4.46. The summed E-state index contributed by atoms with van der Waals surface area (Å²) in [7, 11) is 0. The van der Waals surface area contributed by atoms with Gasteiger partial charge in [-0.3, -0.25) is 4.79 Å². The molecule has 194 valence electrons. The number of ether oxygens (including phenoxy) is 1. The second-order valence-electron chi connectivity index (χ2n) is 8.89. The van der Waals surface area contributed by atoms with Crippen LogP contribution in [-0.2, 0) is 13.1 Å². The van der Waals surface area contributed by atoms with E-state index in [0.29, 0.717) is 29.8 Å². The molecule has 0 radical (unpaired) electrons. The van der Waals surface area contributed by atoms with E-state index in [-0.39, 0.29) is 28.2 Å². The number of fused-ring (bicyclic) bond motifs is 3. The number of benzene rings is 3. The lowest BCUT2D eigenvalue weighted by molar-refractivity contribution is 0.298. The smallest absolute Gasteiger partial charge is 0.354 e. The molecule has 0 aliphatic carbocycles. The highest BCUT2D eigenvalue weighted by atomic mass is 32.2. The van der Waals surface area contributed by atoms with Crippen LogP contribution in [0.15, 0.2) is 121 Å². The third-order valence-electron chi connectivity index (χ3n) is 6.35. The lowest BCUT2D eigenvalue weighted by Crippen LogP contribution is -2.23. The van der Waals surface area contributed by atoms with Crippen molar-refractivity contribution in [3.05, 3.63) is 124 Å². The largest absolute Gasteiger partial charge is 0.505 e. The number of aromatic nitrogens is 3. The Hall–Kier alpha value is -4.76. The van der Waals surface area contributed by atoms with Crippen LogP contribution in [0.3, 0.4) is 0 Å². The SMILES string of the molecule is O=c1oc2c(c(O)c1Sc1ccccc1)c(=O)n(Cc1ccccc1)c1cc(OCCn3ccnc3)ccc21. The van der Waals surface area contributed by atoms with Crippen LogP contribution >= 0.6 is 11.8 Å². The maximum atomic E-state index is 13.9. The van der Waals surface area contributed by atoms with Gasteiger partial charge < -0.3 is 23.4 Å². The monoisotopic (exact) mass is 537 g/mol. The van der Waals surface area contributed by atoms with E-state index in [1.165, 1.54) is 0 Å². The van der Waals surface area contributed by atoms with Crippen LogP contribution in [-0.4, -0.2) is 25.8 Å². The van der Waals surface area contributed by atoms with E-state index in [1.54, 1.807) is 35.3 Å². The summed E-state index contributed by atoms with van der Waals surface area (Å²) in [6.07, 6.45) is 5.27. The van der Waals surface area contributed by atoms with Crippen molar-refractivity contribution in [2.75, 3.05) is 6.61 Å². The van der Waals surface area contributed by atoms with Crippen LogP contribution in [0.2, 0.25) is 0 Å². The van der Waals surface area contributed by atoms with Crippen molar-refractivity contribution in [3.63, 3.8) is 0 Å². The summed E-state index contributed by atoms with van der Waals surface area (Å²) < 4.78 is 15.2. The van der Waals surface area contributed by atoms with Crippen molar-refractivity contribution in [1.29, 1.82) is 0 Å². The van der Waals surface area contributed by atoms with Gasteiger partial charge in [-0.25, -0.2) is 9.78 Å². The molecule has 0 aliphatic heterocycles. The lowest BCUT2D eigenvalue weighted by atomic mass is 10.1. The molecule has 0 unspecified atom stereocenters. The first-order valence-electron chi connectivity index (χ1n) is 12.3. The summed E-state index contributed by atoms with van der Waals surface area (Å²) in [6, 6.07) is 24.0. The molecular formula is C30H23N3O5S. The summed E-state index contributed by atoms with van der Waals surface area (Å²) in [5.41, 5.74) is 0.304. The molecule has 9 heteroatoms. The van der Waals surface area contributed by atoms with Crippen molar-refractivity contribution in [2.45, 2.75) is 22.9 Å². The minimum atomic E-state index is -0.712. The topological polar surface area (TPSA) is 99.5 Å². The molecule has 8 nitrogen and oxygen atoms in total. The van der Waals surface area contributed by atoms with Gasteiger partial charge >= 0.3 is 5.63 Å². The Kier molecular flexibility index (Phi) is 6.64. The molecule has 39 heavy (non-hydrogen) atoms. The molecule has 0 fully saturated rings. The van der Waals surface area contributed by atoms with E-state index in [9.17, 15) is 14.7 Å². The number of hydrogen-bond acceptors (Lipinski definition) is 7. The molecule has 1 N–H and O–H groups in total. The molecule has 6 aromatic rings. The van der Waals surface area contributed by atoms with Gasteiger partial charge in [0.05, 0.1) is 24.9 Å². The summed E-state index contributed by atoms with van der Waals surface area (Å²) in [6.45, 7) is 1.26. The van der Waals surface area contributed by atoms with Crippen LogP contribution in [0.1, 0.15) is 5.56 Å². The van der Waals surface area contributed by atoms with Crippen LogP contribution in [0.4, 0.5) is 0 Å². The minimum Gasteiger partial charge on any atom is -0.505 e. The molecule has 3 aromatic heterocycles. The highest BCUT2D eigenvalue weighted by Crippen LogP contribution is 2.37. The summed E-state index contributed by atoms with van der Waals surface area (Å²) in [5, 5.41) is 11.7. The minimum absolute atomic E-state index is 0.0316. The Morgan fingerprint density at radius 1 is 0.974 bits per heavy atom. The van der Waals surface area contributed by atoms with Gasteiger partial charge in [-0.2, -0.15) is 0 Å². The first kappa shape index (κ1) is 24.6. The van der Waals surface area contributed by atoms with E-state index < -0.39 is 11.2 Å². The number of pyridine rings is 1. The number of nitrogens with zero attached hydrogens (tertiary/aromatic N) is 3. The molecule has 0 aliphatic rings. The Bertz CT molecular complexity index is 1880. The number of imidazole rings is 1. The van der Waals surface area contributed by atoms with Gasteiger partial charge in [-0.1, -0.05) is 60.3 Å². The molecule has 0 atom stereocenters. The van der Waals surface area contributed by atoms with Crippen molar-refractivity contribution in [2.24, 2.45) is 0 Å². The van der Waals surface area contributed by atoms with Crippen molar-refractivity contribution in [3.8, 4) is 11.5 Å². The highest BCUT2D eigenvalue weighted by Gasteiger charge is 2.23. The number of hydrogen-bond donors (Lipinski definition) is 1. The van der Waals surface area contributed by atoms with Gasteiger partial charge in [0.15, 0.2) is 11.3 Å². The molecule has 0 saturated heterocycles. The summed E-state index contributed by atoms with van der Waals surface area (Å²) in [4.78, 5) is 31.7. The van der Waals surface area contributed by atoms with E-state index >= 15 is 0 Å². The Morgan fingerprint density at radius 2 is 1.74 bits per heavy atom. The quantitative estimate of drug-likeness (QED) is 0.264. The highest BCUT2D eigenvalue weighted by molar-refractivity contribution is 7.99. The average molecular weight is 538 g/mol. The molecule has 0 saturated carbocycles. The first-order chi connectivity index (χ1) is 19.1. The fourth-order valence-corrected chi connectivity index (χ4v) is 5.32. The summed E-state index contributed by atoms with van der Waals surface area (Å²) >= 11 is 1.06. The summed E-state index contributed by atoms with van der Waals surface area (Å²) in [5.74, 6) is 0.176. The number of rotatable bonds is 8. The van der Waals surface area contributed by atoms with Crippen LogP contribution in [0.5, 0.6) is 11.5 Å². The molecular weight excluding hydrogens is 514 g/mol. The van der Waals surface area contributed by atoms with E-state index in [1.807, 2.05) is 71.4 Å². The standard InChI is InChI=1S/C30H23N3O5S/c34-26-25-27(38-30(36)28(26)39-22-9-5-2-6-10-22)23-12-11-21(37-16-15-32-14-13-31-19-32)17-24(23)33(29(25)35)18-20-7-3-1-4-8-20/h1-14,17,19,34H,15-16,18H2. The number of aromatic hydroxyl groups is 1. The Labute approximate surface area is 226 Å². The van der Waals surface area contributed by atoms with Gasteiger partial charge in [-0.05, 0) is 29.8 Å². The van der Waals surface area contributed by atoms with Crippen LogP contribution < -0.4 is 15.9 Å². The van der Waals surface area contributed by atoms with E-state index in [2.05, 4.69) is 4.98 Å². The zero-order valence-electron chi connectivity index (χ0n) is 20.7. The fraction of sp³-hybridized carbons (Fsp3) is 0.100. The third-order valence-corrected chi connectivity index (χ3v) is 7.42. The molecule has 0 amide bonds. The normalized spacial score (nSPS) is 11.3. The second kappa shape index (κ2) is 10.5. The van der Waals surface area contributed by atoms with Crippen molar-refractivity contribution in [1.82, 2.24) is 14.1 Å². The van der Waals surface area contributed by atoms with Gasteiger partial charge in [0.25, 0.3) is 5.56 Å². The average Bonchev–Trinajstić information content (AvgIpc) is 3.48. The molecule has 3 heterocycles. The lowest BCUT2D eigenvalue weighted by Gasteiger charge is -2.15. The van der Waals surface area contributed by atoms with Gasteiger partial charge in [0, 0.05) is 28.7 Å². The Morgan fingerprint density at radius 3 is 2.49 bits per heavy atom. The first-order valence-corrected chi connectivity index (χ1v) is 13.1. The van der Waals surface area contributed by atoms with Crippen LogP contribution in [0, 0.1) is 0 Å². The van der Waals surface area contributed by atoms with Crippen molar-refractivity contribution < 1.29 is 14.3 Å². The van der Waals surface area contributed by atoms with Crippen LogP contribution in [0.25, 0.3) is 21.9 Å². The molecule has 0 bridgehead atoms. The van der Waals surface area contributed by atoms with E-state index in [0.717, 1.165) is 22.2 Å². The van der Waals surface area contributed by atoms with Gasteiger partial charge in [-0.15, -0.1) is 0 Å². The predicted molar refractivity (Wildman–Crippen MR) is 150 cm³/mol. The maximum Gasteiger partial charge on any atom is 0.354 e. The molecule has 6 rings (SSSR count). The molecule has 0 spiro atoms. The third kappa shape index (κ3) is 4.92. The maximum absolute atomic E-state index is 13.9. The van der Waals surface area contributed by atoms with Crippen molar-refractivity contribution >= 4 is 33.6 Å². The Balaban J connectivity index is 1.50. The van der Waals surface area contributed by atoms with Gasteiger partial charge in [0.1, 0.15) is 22.6 Å². The second-order valence-corrected chi connectivity index (χ2v) is 9.98. The zero-order chi connectivity index (χ0) is 26.8. The van der Waals surface area contributed by atoms with E-state index in [4.69, 9.17) is 9.15 Å².